The van der Waals surface area contributed by atoms with E-state index in [1.807, 2.05) is 6.07 Å². The van der Waals surface area contributed by atoms with Crippen LogP contribution in [0, 0.1) is 0 Å². The van der Waals surface area contributed by atoms with Crippen LogP contribution in [0.4, 0.5) is 11.6 Å². The van der Waals surface area contributed by atoms with Crippen molar-refractivity contribution in [3.05, 3.63) is 12.4 Å². The second-order valence-electron chi connectivity index (χ2n) is 5.08. The van der Waals surface area contributed by atoms with Crippen molar-refractivity contribution in [1.29, 1.82) is 0 Å². The van der Waals surface area contributed by atoms with Crippen LogP contribution in [0.25, 0.3) is 0 Å². The van der Waals surface area contributed by atoms with Gasteiger partial charge in [0, 0.05) is 17.6 Å². The maximum Gasteiger partial charge on any atom is 0.131 e. The third kappa shape index (κ3) is 3.38. The number of hydrogen-bond donors (Lipinski definition) is 2. The van der Waals surface area contributed by atoms with Gasteiger partial charge in [0.2, 0.25) is 0 Å². The molecule has 2 rings (SSSR count). The van der Waals surface area contributed by atoms with E-state index >= 15 is 0 Å². The van der Waals surface area contributed by atoms with Crippen LogP contribution in [0.5, 0.6) is 0 Å². The number of nitrogens with one attached hydrogen (secondary N) is 2. The average Bonchev–Trinajstić information content (AvgIpc) is 2.85. The van der Waals surface area contributed by atoms with Gasteiger partial charge in [0.05, 0.1) is 0 Å². The Morgan fingerprint density at radius 1 is 1.20 bits per heavy atom. The molecule has 4 nitrogen and oxygen atoms in total. The molecule has 82 valence electrons. The van der Waals surface area contributed by atoms with Crippen molar-refractivity contribution >= 4 is 11.6 Å². The lowest BCUT2D eigenvalue weighted by Crippen LogP contribution is -2.26. The average molecular weight is 206 g/mol. The van der Waals surface area contributed by atoms with Gasteiger partial charge in [-0.1, -0.05) is 0 Å². The van der Waals surface area contributed by atoms with Gasteiger partial charge in [-0.25, -0.2) is 9.97 Å². The summed E-state index contributed by atoms with van der Waals surface area (Å²) in [6.07, 6.45) is 4.11. The van der Waals surface area contributed by atoms with Crippen molar-refractivity contribution in [3.8, 4) is 0 Å². The first-order valence-corrected chi connectivity index (χ1v) is 5.40. The molecule has 4 heteroatoms. The molecule has 0 aromatic carbocycles. The highest BCUT2D eigenvalue weighted by Crippen LogP contribution is 2.24. The molecule has 0 unspecified atom stereocenters. The first-order chi connectivity index (χ1) is 7.03. The van der Waals surface area contributed by atoms with Gasteiger partial charge in [0.1, 0.15) is 18.0 Å². The van der Waals surface area contributed by atoms with Gasteiger partial charge in [-0.3, -0.25) is 0 Å². The van der Waals surface area contributed by atoms with Crippen molar-refractivity contribution in [1.82, 2.24) is 9.97 Å². The van der Waals surface area contributed by atoms with E-state index in [2.05, 4.69) is 41.4 Å². The molecular formula is C11H18N4. The normalized spacial score (nSPS) is 16.2. The van der Waals surface area contributed by atoms with Crippen LogP contribution in [0.2, 0.25) is 0 Å². The molecule has 1 aromatic heterocycles. The quantitative estimate of drug-likeness (QED) is 0.796. The monoisotopic (exact) mass is 206 g/mol. The summed E-state index contributed by atoms with van der Waals surface area (Å²) in [5.74, 6) is 1.79. The highest BCUT2D eigenvalue weighted by molar-refractivity contribution is 5.48. The molecule has 1 aliphatic carbocycles. The summed E-state index contributed by atoms with van der Waals surface area (Å²) < 4.78 is 0. The number of rotatable bonds is 3. The van der Waals surface area contributed by atoms with Gasteiger partial charge < -0.3 is 10.6 Å². The Labute approximate surface area is 90.5 Å². The summed E-state index contributed by atoms with van der Waals surface area (Å²) in [5.41, 5.74) is 0.0329. The first kappa shape index (κ1) is 10.2. The number of aromatic nitrogens is 2. The molecule has 0 saturated heterocycles. The van der Waals surface area contributed by atoms with E-state index in [1.165, 1.54) is 12.8 Å². The topological polar surface area (TPSA) is 49.8 Å². The first-order valence-electron chi connectivity index (χ1n) is 5.40. The Kier molecular flexibility index (Phi) is 2.50. The van der Waals surface area contributed by atoms with E-state index in [1.54, 1.807) is 6.33 Å². The Balaban J connectivity index is 2.04. The molecule has 1 aliphatic rings. The molecule has 1 aromatic rings. The molecule has 0 atom stereocenters. The number of nitrogens with zero attached hydrogens (tertiary/aromatic N) is 2. The Bertz CT molecular complexity index is 339. The van der Waals surface area contributed by atoms with Crippen LogP contribution in [0.15, 0.2) is 12.4 Å². The molecule has 1 saturated carbocycles. The van der Waals surface area contributed by atoms with Crippen LogP contribution < -0.4 is 10.6 Å². The minimum atomic E-state index is 0.0329. The van der Waals surface area contributed by atoms with Gasteiger partial charge in [-0.2, -0.15) is 0 Å². The molecule has 0 aliphatic heterocycles. The van der Waals surface area contributed by atoms with E-state index in [0.29, 0.717) is 6.04 Å². The maximum absolute atomic E-state index is 4.19. The van der Waals surface area contributed by atoms with E-state index in [-0.39, 0.29) is 5.54 Å². The highest BCUT2D eigenvalue weighted by atomic mass is 15.1. The lowest BCUT2D eigenvalue weighted by molar-refractivity contribution is 0.630. The third-order valence-electron chi connectivity index (χ3n) is 2.10. The molecular weight excluding hydrogens is 188 g/mol. The van der Waals surface area contributed by atoms with E-state index < -0.39 is 0 Å². The highest BCUT2D eigenvalue weighted by Gasteiger charge is 2.21. The summed E-state index contributed by atoms with van der Waals surface area (Å²) in [6.45, 7) is 6.34. The lowest BCUT2D eigenvalue weighted by atomic mass is 10.1. The van der Waals surface area contributed by atoms with Crippen molar-refractivity contribution in [3.63, 3.8) is 0 Å². The van der Waals surface area contributed by atoms with Crippen molar-refractivity contribution in [2.75, 3.05) is 10.6 Å². The van der Waals surface area contributed by atoms with Gasteiger partial charge in [0.25, 0.3) is 0 Å². The predicted octanol–water partition coefficient (Wildman–Crippen LogP) is 2.26. The minimum Gasteiger partial charge on any atom is -0.367 e. The van der Waals surface area contributed by atoms with Crippen LogP contribution in [-0.2, 0) is 0 Å². The SMILES string of the molecule is CC(C)(C)Nc1cc(NC2CC2)ncn1. The fraction of sp³-hybridized carbons (Fsp3) is 0.636. The molecule has 0 radical (unpaired) electrons. The predicted molar refractivity (Wildman–Crippen MR) is 62.1 cm³/mol. The van der Waals surface area contributed by atoms with Gasteiger partial charge in [0.15, 0.2) is 0 Å². The molecule has 0 amide bonds. The molecule has 0 bridgehead atoms. The minimum absolute atomic E-state index is 0.0329. The third-order valence-corrected chi connectivity index (χ3v) is 2.10. The summed E-state index contributed by atoms with van der Waals surface area (Å²) in [6, 6.07) is 2.59. The summed E-state index contributed by atoms with van der Waals surface area (Å²) >= 11 is 0. The van der Waals surface area contributed by atoms with E-state index in [9.17, 15) is 0 Å². The fourth-order valence-corrected chi connectivity index (χ4v) is 1.33. The molecule has 1 heterocycles. The maximum atomic E-state index is 4.19. The number of anilines is 2. The molecule has 0 spiro atoms. The molecule has 15 heavy (non-hydrogen) atoms. The Hall–Kier alpha value is -1.32. The number of hydrogen-bond acceptors (Lipinski definition) is 4. The van der Waals surface area contributed by atoms with Crippen LogP contribution in [0.3, 0.4) is 0 Å². The van der Waals surface area contributed by atoms with Crippen LogP contribution in [0.1, 0.15) is 33.6 Å². The van der Waals surface area contributed by atoms with E-state index in [0.717, 1.165) is 11.6 Å². The lowest BCUT2D eigenvalue weighted by Gasteiger charge is -2.21. The zero-order chi connectivity index (χ0) is 10.9. The Morgan fingerprint density at radius 3 is 2.47 bits per heavy atom. The zero-order valence-electron chi connectivity index (χ0n) is 9.54. The van der Waals surface area contributed by atoms with E-state index in [4.69, 9.17) is 0 Å². The summed E-state index contributed by atoms with van der Waals surface area (Å²) in [7, 11) is 0. The van der Waals surface area contributed by atoms with Crippen LogP contribution in [-0.4, -0.2) is 21.5 Å². The largest absolute Gasteiger partial charge is 0.367 e. The van der Waals surface area contributed by atoms with Crippen molar-refractivity contribution in [2.45, 2.75) is 45.2 Å². The standard InChI is InChI=1S/C11H18N4/c1-11(2,3)15-10-6-9(12-7-13-10)14-8-4-5-8/h6-8H,4-5H2,1-3H3,(H2,12,13,14,15). The van der Waals surface area contributed by atoms with Gasteiger partial charge in [-0.15, -0.1) is 0 Å². The van der Waals surface area contributed by atoms with Crippen LogP contribution >= 0.6 is 0 Å². The summed E-state index contributed by atoms with van der Waals surface area (Å²) in [4.78, 5) is 8.38. The van der Waals surface area contributed by atoms with Crippen molar-refractivity contribution in [2.24, 2.45) is 0 Å². The Morgan fingerprint density at radius 2 is 1.87 bits per heavy atom. The van der Waals surface area contributed by atoms with Crippen molar-refractivity contribution < 1.29 is 0 Å². The van der Waals surface area contributed by atoms with Gasteiger partial charge >= 0.3 is 0 Å². The zero-order valence-corrected chi connectivity index (χ0v) is 9.54. The second kappa shape index (κ2) is 3.68. The van der Waals surface area contributed by atoms with Gasteiger partial charge in [-0.05, 0) is 33.6 Å². The smallest absolute Gasteiger partial charge is 0.131 e. The molecule has 1 fully saturated rings. The second-order valence-corrected chi connectivity index (χ2v) is 5.08. The fourth-order valence-electron chi connectivity index (χ4n) is 1.33. The summed E-state index contributed by atoms with van der Waals surface area (Å²) in [5, 5.41) is 6.67. The molecule has 2 N–H and O–H groups in total.